The molecule has 0 fully saturated rings. The smallest absolute Gasteiger partial charge is 0.434 e. The molecule has 0 saturated heterocycles. The van der Waals surface area contributed by atoms with Crippen molar-refractivity contribution in [3.63, 3.8) is 0 Å². The first-order valence-electron chi connectivity index (χ1n) is 5.84. The summed E-state index contributed by atoms with van der Waals surface area (Å²) in [5.41, 5.74) is 5.95. The van der Waals surface area contributed by atoms with Crippen molar-refractivity contribution >= 4 is 11.8 Å². The first-order valence-corrected chi connectivity index (χ1v) is 5.84. The van der Waals surface area contributed by atoms with Crippen LogP contribution in [0.5, 0.6) is 5.75 Å². The van der Waals surface area contributed by atoms with E-state index in [1.165, 1.54) is 0 Å². The zero-order valence-corrected chi connectivity index (χ0v) is 10.7. The number of para-hydroxylation sites is 1. The molecule has 20 heavy (non-hydrogen) atoms. The van der Waals surface area contributed by atoms with E-state index in [9.17, 15) is 14.9 Å². The number of benzene rings is 1. The first-order chi connectivity index (χ1) is 9.54. The van der Waals surface area contributed by atoms with Crippen molar-refractivity contribution < 1.29 is 18.9 Å². The standard InChI is InChI=1S/C13H12N2O5/c1-2-19-10-6-4-3-5-8(10)9-7-11(15(17)18)20-12(9)13(14)16/h3-7H,2H2,1H3,(H2,14,16). The van der Waals surface area contributed by atoms with Crippen molar-refractivity contribution in [2.75, 3.05) is 6.61 Å². The molecule has 2 rings (SSSR count). The summed E-state index contributed by atoms with van der Waals surface area (Å²) < 4.78 is 10.3. The van der Waals surface area contributed by atoms with E-state index in [0.29, 0.717) is 17.9 Å². The Morgan fingerprint density at radius 1 is 1.40 bits per heavy atom. The van der Waals surface area contributed by atoms with Crippen LogP contribution in [0, 0.1) is 10.1 Å². The SMILES string of the molecule is CCOc1ccccc1-c1cc([N+](=O)[O-])oc1C(N)=O. The Balaban J connectivity index is 2.62. The summed E-state index contributed by atoms with van der Waals surface area (Å²) in [6.45, 7) is 2.23. The lowest BCUT2D eigenvalue weighted by atomic mass is 10.0. The predicted octanol–water partition coefficient (Wildman–Crippen LogP) is 2.35. The van der Waals surface area contributed by atoms with E-state index in [0.717, 1.165) is 6.07 Å². The largest absolute Gasteiger partial charge is 0.493 e. The fraction of sp³-hybridized carbons (Fsp3) is 0.154. The van der Waals surface area contributed by atoms with Gasteiger partial charge in [0, 0.05) is 11.1 Å². The summed E-state index contributed by atoms with van der Waals surface area (Å²) in [7, 11) is 0. The number of primary amides is 1. The van der Waals surface area contributed by atoms with E-state index in [4.69, 9.17) is 14.9 Å². The lowest BCUT2D eigenvalue weighted by Crippen LogP contribution is -2.11. The molecule has 2 aromatic rings. The topological polar surface area (TPSA) is 109 Å². The molecule has 7 heteroatoms. The third kappa shape index (κ3) is 2.46. The third-order valence-electron chi connectivity index (χ3n) is 2.60. The number of amides is 1. The molecule has 7 nitrogen and oxygen atoms in total. The summed E-state index contributed by atoms with van der Waals surface area (Å²) in [6, 6.07) is 8.01. The predicted molar refractivity (Wildman–Crippen MR) is 70.5 cm³/mol. The Bertz CT molecular complexity index is 663. The number of nitrogens with zero attached hydrogens (tertiary/aromatic N) is 1. The van der Waals surface area contributed by atoms with Gasteiger partial charge >= 0.3 is 5.88 Å². The minimum atomic E-state index is -0.876. The van der Waals surface area contributed by atoms with Crippen LogP contribution >= 0.6 is 0 Å². The summed E-state index contributed by atoms with van der Waals surface area (Å²) >= 11 is 0. The molecule has 0 spiro atoms. The summed E-state index contributed by atoms with van der Waals surface area (Å²) in [5.74, 6) is -1.18. The average molecular weight is 276 g/mol. The highest BCUT2D eigenvalue weighted by atomic mass is 16.6. The van der Waals surface area contributed by atoms with Crippen molar-refractivity contribution in [1.29, 1.82) is 0 Å². The van der Waals surface area contributed by atoms with Gasteiger partial charge in [0.2, 0.25) is 5.76 Å². The van der Waals surface area contributed by atoms with Gasteiger partial charge in [-0.2, -0.15) is 0 Å². The fourth-order valence-electron chi connectivity index (χ4n) is 1.82. The van der Waals surface area contributed by atoms with Gasteiger partial charge in [-0.1, -0.05) is 18.2 Å². The van der Waals surface area contributed by atoms with Gasteiger partial charge in [0.05, 0.1) is 12.7 Å². The maximum Gasteiger partial charge on any atom is 0.434 e. The molecule has 0 aliphatic carbocycles. The highest BCUT2D eigenvalue weighted by Gasteiger charge is 2.25. The van der Waals surface area contributed by atoms with Crippen molar-refractivity contribution in [2.45, 2.75) is 6.92 Å². The second-order valence-electron chi connectivity index (χ2n) is 3.88. The maximum absolute atomic E-state index is 11.4. The molecule has 0 saturated carbocycles. The van der Waals surface area contributed by atoms with E-state index in [1.807, 2.05) is 6.92 Å². The summed E-state index contributed by atoms with van der Waals surface area (Å²) in [6.07, 6.45) is 0. The van der Waals surface area contributed by atoms with E-state index < -0.39 is 16.7 Å². The van der Waals surface area contributed by atoms with E-state index in [2.05, 4.69) is 0 Å². The Labute approximate surface area is 114 Å². The Morgan fingerprint density at radius 2 is 2.10 bits per heavy atom. The lowest BCUT2D eigenvalue weighted by Gasteiger charge is -2.08. The van der Waals surface area contributed by atoms with Crippen LogP contribution in [0.25, 0.3) is 11.1 Å². The molecule has 0 aliphatic rings. The normalized spacial score (nSPS) is 10.2. The molecule has 1 heterocycles. The second kappa shape index (κ2) is 5.43. The molecule has 2 N–H and O–H groups in total. The Kier molecular flexibility index (Phi) is 3.69. The average Bonchev–Trinajstić information content (AvgIpc) is 2.85. The number of carbonyl (C=O) groups excluding carboxylic acids is 1. The monoisotopic (exact) mass is 276 g/mol. The van der Waals surface area contributed by atoms with Gasteiger partial charge < -0.3 is 14.9 Å². The molecule has 1 aromatic carbocycles. The van der Waals surface area contributed by atoms with Crippen LogP contribution in [0.3, 0.4) is 0 Å². The number of rotatable bonds is 5. The quantitative estimate of drug-likeness (QED) is 0.666. The minimum absolute atomic E-state index is 0.244. The molecular formula is C13H12N2O5. The maximum atomic E-state index is 11.4. The number of carbonyl (C=O) groups is 1. The zero-order chi connectivity index (χ0) is 14.7. The van der Waals surface area contributed by atoms with Crippen molar-refractivity contribution in [3.8, 4) is 16.9 Å². The highest BCUT2D eigenvalue weighted by Crippen LogP contribution is 2.36. The second-order valence-corrected chi connectivity index (χ2v) is 3.88. The van der Waals surface area contributed by atoms with Gasteiger partial charge in [-0.05, 0) is 13.0 Å². The van der Waals surface area contributed by atoms with Gasteiger partial charge in [0.15, 0.2) is 0 Å². The highest BCUT2D eigenvalue weighted by molar-refractivity contribution is 5.98. The van der Waals surface area contributed by atoms with Crippen LogP contribution in [0.15, 0.2) is 34.7 Å². The molecule has 0 aliphatic heterocycles. The van der Waals surface area contributed by atoms with Crippen molar-refractivity contribution in [3.05, 3.63) is 46.2 Å². The zero-order valence-electron chi connectivity index (χ0n) is 10.7. The number of ether oxygens (including phenoxy) is 1. The van der Waals surface area contributed by atoms with E-state index >= 15 is 0 Å². The van der Waals surface area contributed by atoms with E-state index in [1.54, 1.807) is 24.3 Å². The molecular weight excluding hydrogens is 264 g/mol. The van der Waals surface area contributed by atoms with Crippen LogP contribution in [0.1, 0.15) is 17.5 Å². The lowest BCUT2D eigenvalue weighted by molar-refractivity contribution is -0.402. The number of furan rings is 1. The van der Waals surface area contributed by atoms with Crippen molar-refractivity contribution in [1.82, 2.24) is 0 Å². The number of hydrogen-bond donors (Lipinski definition) is 1. The first kappa shape index (κ1) is 13.6. The van der Waals surface area contributed by atoms with Gasteiger partial charge in [0.25, 0.3) is 5.91 Å². The third-order valence-corrected chi connectivity index (χ3v) is 2.60. The van der Waals surface area contributed by atoms with Gasteiger partial charge in [0.1, 0.15) is 10.7 Å². The molecule has 0 radical (unpaired) electrons. The molecule has 104 valence electrons. The van der Waals surface area contributed by atoms with Crippen LogP contribution < -0.4 is 10.5 Å². The van der Waals surface area contributed by atoms with Crippen LogP contribution in [0.4, 0.5) is 5.88 Å². The van der Waals surface area contributed by atoms with E-state index in [-0.39, 0.29) is 11.3 Å². The number of hydrogen-bond acceptors (Lipinski definition) is 5. The van der Waals surface area contributed by atoms with Crippen molar-refractivity contribution in [2.24, 2.45) is 5.73 Å². The molecule has 0 unspecified atom stereocenters. The number of nitro groups is 1. The van der Waals surface area contributed by atoms with Gasteiger partial charge in [-0.25, -0.2) is 0 Å². The Morgan fingerprint density at radius 3 is 2.70 bits per heavy atom. The van der Waals surface area contributed by atoms with Crippen LogP contribution in [0.2, 0.25) is 0 Å². The van der Waals surface area contributed by atoms with Gasteiger partial charge in [-0.15, -0.1) is 0 Å². The van der Waals surface area contributed by atoms with Crippen LogP contribution in [-0.2, 0) is 0 Å². The molecule has 1 aromatic heterocycles. The molecule has 1 amide bonds. The van der Waals surface area contributed by atoms with Gasteiger partial charge in [-0.3, -0.25) is 14.9 Å². The molecule has 0 bridgehead atoms. The fourth-order valence-corrected chi connectivity index (χ4v) is 1.82. The van der Waals surface area contributed by atoms with Crippen LogP contribution in [-0.4, -0.2) is 17.4 Å². The number of nitrogens with two attached hydrogens (primary N) is 1. The summed E-state index contributed by atoms with van der Waals surface area (Å²) in [5, 5.41) is 10.8. The molecule has 0 atom stereocenters. The Hall–Kier alpha value is -2.83. The summed E-state index contributed by atoms with van der Waals surface area (Å²) in [4.78, 5) is 21.4. The minimum Gasteiger partial charge on any atom is -0.493 e.